The molecule has 0 radical (unpaired) electrons. The number of nitrogens with zero attached hydrogens (tertiary/aromatic N) is 2. The van der Waals surface area contributed by atoms with Crippen LogP contribution in [0, 0.1) is 6.92 Å². The standard InChI is InChI=1S/C10H9ClN4O3S2/c1-5-2-3-6(20(12,17)18)4-7(5)13-8(16)9-14-15-10(11)19-9/h2-4H,1H3,(H,13,16)(H2,12,17,18). The second-order valence-electron chi connectivity index (χ2n) is 3.84. The first-order valence-corrected chi connectivity index (χ1v) is 7.95. The minimum atomic E-state index is -3.84. The number of aromatic nitrogens is 2. The van der Waals surface area contributed by atoms with Crippen LogP contribution in [0.25, 0.3) is 0 Å². The number of nitrogens with one attached hydrogen (secondary N) is 1. The third-order valence-electron chi connectivity index (χ3n) is 2.38. The van der Waals surface area contributed by atoms with Crippen molar-refractivity contribution in [2.24, 2.45) is 5.14 Å². The third kappa shape index (κ3) is 3.31. The Hall–Kier alpha value is -1.55. The Morgan fingerprint density at radius 3 is 2.65 bits per heavy atom. The monoisotopic (exact) mass is 332 g/mol. The number of anilines is 1. The van der Waals surface area contributed by atoms with E-state index in [-0.39, 0.29) is 14.4 Å². The van der Waals surface area contributed by atoms with Crippen LogP contribution in [0.3, 0.4) is 0 Å². The van der Waals surface area contributed by atoms with Crippen molar-refractivity contribution in [2.75, 3.05) is 5.32 Å². The molecule has 106 valence electrons. The van der Waals surface area contributed by atoms with Crippen molar-refractivity contribution in [3.63, 3.8) is 0 Å². The number of hydrogen-bond acceptors (Lipinski definition) is 6. The molecule has 7 nitrogen and oxygen atoms in total. The van der Waals surface area contributed by atoms with Crippen LogP contribution in [-0.4, -0.2) is 24.5 Å². The molecule has 0 aliphatic rings. The zero-order chi connectivity index (χ0) is 14.9. The Bertz CT molecular complexity index is 773. The van der Waals surface area contributed by atoms with Crippen molar-refractivity contribution < 1.29 is 13.2 Å². The lowest BCUT2D eigenvalue weighted by molar-refractivity contribution is 0.102. The number of hydrogen-bond donors (Lipinski definition) is 2. The Balaban J connectivity index is 2.31. The molecule has 1 aromatic heterocycles. The van der Waals surface area contributed by atoms with Gasteiger partial charge < -0.3 is 5.32 Å². The van der Waals surface area contributed by atoms with Crippen LogP contribution in [0.5, 0.6) is 0 Å². The number of halogens is 1. The number of aryl methyl sites for hydroxylation is 1. The summed E-state index contributed by atoms with van der Waals surface area (Å²) in [6, 6.07) is 4.19. The number of carbonyl (C=O) groups is 1. The average Bonchev–Trinajstić information content (AvgIpc) is 2.77. The highest BCUT2D eigenvalue weighted by molar-refractivity contribution is 7.89. The Kier molecular flexibility index (Phi) is 4.04. The van der Waals surface area contributed by atoms with Crippen LogP contribution in [0.1, 0.15) is 15.4 Å². The molecule has 0 atom stereocenters. The number of nitrogens with two attached hydrogens (primary N) is 1. The molecule has 20 heavy (non-hydrogen) atoms. The van der Waals surface area contributed by atoms with Gasteiger partial charge in [-0.3, -0.25) is 4.79 Å². The molecule has 2 rings (SSSR count). The number of rotatable bonds is 3. The maximum absolute atomic E-state index is 11.9. The van der Waals surface area contributed by atoms with Gasteiger partial charge >= 0.3 is 0 Å². The summed E-state index contributed by atoms with van der Waals surface area (Å²) >= 11 is 6.51. The highest BCUT2D eigenvalue weighted by Crippen LogP contribution is 2.21. The van der Waals surface area contributed by atoms with Gasteiger partial charge in [-0.25, -0.2) is 13.6 Å². The minimum absolute atomic E-state index is 0.0791. The fraction of sp³-hybridized carbons (Fsp3) is 0.100. The second kappa shape index (κ2) is 5.44. The van der Waals surface area contributed by atoms with Crippen molar-refractivity contribution >= 4 is 44.6 Å². The molecule has 0 unspecified atom stereocenters. The van der Waals surface area contributed by atoms with E-state index in [1.165, 1.54) is 12.1 Å². The zero-order valence-corrected chi connectivity index (χ0v) is 12.5. The highest BCUT2D eigenvalue weighted by atomic mass is 35.5. The lowest BCUT2D eigenvalue weighted by Crippen LogP contribution is -2.15. The van der Waals surface area contributed by atoms with Crippen LogP contribution in [0.15, 0.2) is 23.1 Å². The normalized spacial score (nSPS) is 11.3. The van der Waals surface area contributed by atoms with E-state index in [4.69, 9.17) is 16.7 Å². The maximum Gasteiger partial charge on any atom is 0.286 e. The molecular weight excluding hydrogens is 324 g/mol. The fourth-order valence-electron chi connectivity index (χ4n) is 1.39. The SMILES string of the molecule is Cc1ccc(S(N)(=O)=O)cc1NC(=O)c1nnc(Cl)s1. The molecule has 1 aromatic carbocycles. The molecule has 0 aliphatic carbocycles. The summed E-state index contributed by atoms with van der Waals surface area (Å²) < 4.78 is 22.7. The fourth-order valence-corrected chi connectivity index (χ4v) is 2.65. The van der Waals surface area contributed by atoms with E-state index in [2.05, 4.69) is 15.5 Å². The van der Waals surface area contributed by atoms with Crippen LogP contribution in [0.4, 0.5) is 5.69 Å². The van der Waals surface area contributed by atoms with Gasteiger partial charge in [0.05, 0.1) is 4.90 Å². The molecule has 0 spiro atoms. The molecule has 10 heteroatoms. The van der Waals surface area contributed by atoms with E-state index in [1.54, 1.807) is 13.0 Å². The minimum Gasteiger partial charge on any atom is -0.320 e. The number of primary sulfonamides is 1. The lowest BCUT2D eigenvalue weighted by atomic mass is 10.2. The molecule has 0 saturated carbocycles. The van der Waals surface area contributed by atoms with Crippen LogP contribution >= 0.6 is 22.9 Å². The Morgan fingerprint density at radius 2 is 2.10 bits per heavy atom. The van der Waals surface area contributed by atoms with Crippen molar-refractivity contribution in [3.05, 3.63) is 33.2 Å². The number of amides is 1. The van der Waals surface area contributed by atoms with Gasteiger partial charge in [-0.15, -0.1) is 10.2 Å². The maximum atomic E-state index is 11.9. The zero-order valence-electron chi connectivity index (χ0n) is 10.1. The van der Waals surface area contributed by atoms with E-state index in [9.17, 15) is 13.2 Å². The summed E-state index contributed by atoms with van der Waals surface area (Å²) in [6.45, 7) is 1.72. The lowest BCUT2D eigenvalue weighted by Gasteiger charge is -2.08. The Labute approximate surface area is 123 Å². The number of benzene rings is 1. The van der Waals surface area contributed by atoms with Gasteiger partial charge in [0.2, 0.25) is 19.5 Å². The summed E-state index contributed by atoms with van der Waals surface area (Å²) in [5, 5.41) is 14.8. The first-order valence-electron chi connectivity index (χ1n) is 5.21. The quantitative estimate of drug-likeness (QED) is 0.881. The predicted molar refractivity (Wildman–Crippen MR) is 75.4 cm³/mol. The molecule has 1 heterocycles. The summed E-state index contributed by atoms with van der Waals surface area (Å²) in [5.41, 5.74) is 1.01. The van der Waals surface area contributed by atoms with E-state index in [1.807, 2.05) is 0 Å². The summed E-state index contributed by atoms with van der Waals surface area (Å²) in [5.74, 6) is -0.524. The topological polar surface area (TPSA) is 115 Å². The first kappa shape index (κ1) is 14.9. The average molecular weight is 333 g/mol. The predicted octanol–water partition coefficient (Wildman–Crippen LogP) is 1.40. The van der Waals surface area contributed by atoms with Crippen molar-refractivity contribution in [3.8, 4) is 0 Å². The first-order chi connectivity index (χ1) is 9.27. The molecule has 0 saturated heterocycles. The van der Waals surface area contributed by atoms with Crippen LogP contribution < -0.4 is 10.5 Å². The van der Waals surface area contributed by atoms with E-state index >= 15 is 0 Å². The smallest absolute Gasteiger partial charge is 0.286 e. The number of sulfonamides is 1. The molecule has 0 bridgehead atoms. The molecule has 3 N–H and O–H groups in total. The van der Waals surface area contributed by atoms with Crippen molar-refractivity contribution in [2.45, 2.75) is 11.8 Å². The van der Waals surface area contributed by atoms with Crippen molar-refractivity contribution in [1.82, 2.24) is 10.2 Å². The molecule has 1 amide bonds. The van der Waals surface area contributed by atoms with E-state index in [0.29, 0.717) is 11.3 Å². The molecule has 0 aliphatic heterocycles. The summed E-state index contributed by atoms with van der Waals surface area (Å²) in [7, 11) is -3.84. The number of carbonyl (C=O) groups excluding carboxylic acids is 1. The molecule has 2 aromatic rings. The van der Waals surface area contributed by atoms with Crippen molar-refractivity contribution in [1.29, 1.82) is 0 Å². The summed E-state index contributed by atoms with van der Waals surface area (Å²) in [6.07, 6.45) is 0. The van der Waals surface area contributed by atoms with Gasteiger partial charge in [-0.1, -0.05) is 17.4 Å². The van der Waals surface area contributed by atoms with E-state index in [0.717, 1.165) is 11.3 Å². The molecule has 0 fully saturated rings. The van der Waals surface area contributed by atoms with E-state index < -0.39 is 15.9 Å². The van der Waals surface area contributed by atoms with Gasteiger partial charge in [0.15, 0.2) is 0 Å². The Morgan fingerprint density at radius 1 is 1.40 bits per heavy atom. The van der Waals surface area contributed by atoms with Gasteiger partial charge in [0, 0.05) is 5.69 Å². The van der Waals surface area contributed by atoms with Crippen LogP contribution in [-0.2, 0) is 10.0 Å². The molecular formula is C10H9ClN4O3S2. The highest BCUT2D eigenvalue weighted by Gasteiger charge is 2.15. The van der Waals surface area contributed by atoms with Gasteiger partial charge in [0.1, 0.15) is 0 Å². The second-order valence-corrected chi connectivity index (χ2v) is 6.96. The largest absolute Gasteiger partial charge is 0.320 e. The van der Waals surface area contributed by atoms with Gasteiger partial charge in [0.25, 0.3) is 5.91 Å². The summed E-state index contributed by atoms with van der Waals surface area (Å²) in [4.78, 5) is 11.8. The van der Waals surface area contributed by atoms with Crippen LogP contribution in [0.2, 0.25) is 4.47 Å². The van der Waals surface area contributed by atoms with Gasteiger partial charge in [-0.05, 0) is 36.2 Å². The third-order valence-corrected chi connectivity index (χ3v) is 4.31. The van der Waals surface area contributed by atoms with Gasteiger partial charge in [-0.2, -0.15) is 0 Å².